The summed E-state index contributed by atoms with van der Waals surface area (Å²) in [5.74, 6) is -0.384. The summed E-state index contributed by atoms with van der Waals surface area (Å²) >= 11 is 0. The second-order valence-corrected chi connectivity index (χ2v) is 5.03. The molecule has 0 bridgehead atoms. The lowest BCUT2D eigenvalue weighted by molar-refractivity contribution is -0.138. The van der Waals surface area contributed by atoms with Crippen molar-refractivity contribution in [2.75, 3.05) is 18.4 Å². The molecular weight excluding hydrogens is 269 g/mol. The van der Waals surface area contributed by atoms with Crippen molar-refractivity contribution in [2.45, 2.75) is 32.5 Å². The number of nitrogens with one attached hydrogen (secondary N) is 1. The zero-order valence-electron chi connectivity index (χ0n) is 11.3. The number of nitrogens with zero attached hydrogens (tertiary/aromatic N) is 1. The van der Waals surface area contributed by atoms with Gasteiger partial charge in [-0.1, -0.05) is 6.07 Å². The molecule has 20 heavy (non-hydrogen) atoms. The molecule has 1 saturated heterocycles. The number of hydrogen-bond acceptors (Lipinski definition) is 2. The van der Waals surface area contributed by atoms with Gasteiger partial charge in [0, 0.05) is 19.2 Å². The molecule has 6 heteroatoms. The minimum absolute atomic E-state index is 0.176. The van der Waals surface area contributed by atoms with E-state index in [0.29, 0.717) is 6.54 Å². The molecule has 3 nitrogen and oxygen atoms in total. The second-order valence-electron chi connectivity index (χ2n) is 5.03. The molecule has 1 aromatic rings. The first-order valence-corrected chi connectivity index (χ1v) is 6.56. The minimum Gasteiger partial charge on any atom is -0.326 e. The molecule has 1 N–H and O–H groups in total. The van der Waals surface area contributed by atoms with Gasteiger partial charge in [-0.15, -0.1) is 0 Å². The molecule has 0 aliphatic carbocycles. The number of benzene rings is 1. The quantitative estimate of drug-likeness (QED) is 0.925. The number of hydrogen-bond donors (Lipinski definition) is 1. The van der Waals surface area contributed by atoms with Crippen LogP contribution in [0.4, 0.5) is 18.9 Å². The van der Waals surface area contributed by atoms with Crippen LogP contribution < -0.4 is 5.32 Å². The smallest absolute Gasteiger partial charge is 0.326 e. The van der Waals surface area contributed by atoms with Crippen molar-refractivity contribution in [1.29, 1.82) is 0 Å². The summed E-state index contributed by atoms with van der Waals surface area (Å²) in [4.78, 5) is 13.0. The van der Waals surface area contributed by atoms with Crippen LogP contribution in [-0.4, -0.2) is 23.9 Å². The molecule has 110 valence electrons. The van der Waals surface area contributed by atoms with Gasteiger partial charge < -0.3 is 5.32 Å². The summed E-state index contributed by atoms with van der Waals surface area (Å²) in [5.41, 5.74) is -0.237. The fourth-order valence-corrected chi connectivity index (χ4v) is 2.44. The molecule has 1 aromatic carbocycles. The van der Waals surface area contributed by atoms with E-state index >= 15 is 0 Å². The van der Waals surface area contributed by atoms with Crippen LogP contribution in [0.3, 0.4) is 0 Å². The van der Waals surface area contributed by atoms with Gasteiger partial charge in [0.25, 0.3) is 0 Å². The molecule has 0 aromatic heterocycles. The normalized spacial score (nSPS) is 16.4. The van der Waals surface area contributed by atoms with E-state index in [1.165, 1.54) is 19.1 Å². The Hall–Kier alpha value is -1.56. The lowest BCUT2D eigenvalue weighted by atomic mass is 10.1. The van der Waals surface area contributed by atoms with Gasteiger partial charge in [0.05, 0.1) is 5.56 Å². The highest BCUT2D eigenvalue weighted by Crippen LogP contribution is 2.34. The SMILES string of the molecule is CC(=O)Nc1ccc(CN2CCCC2)c(C(F)(F)F)c1. The fraction of sp³-hybridized carbons (Fsp3) is 0.500. The summed E-state index contributed by atoms with van der Waals surface area (Å²) in [7, 11) is 0. The molecular formula is C14H17F3N2O. The number of rotatable bonds is 3. The van der Waals surface area contributed by atoms with Crippen LogP contribution in [0, 0.1) is 0 Å². The highest BCUT2D eigenvalue weighted by atomic mass is 19.4. The van der Waals surface area contributed by atoms with E-state index in [0.717, 1.165) is 32.0 Å². The summed E-state index contributed by atoms with van der Waals surface area (Å²) in [6.45, 7) is 3.25. The van der Waals surface area contributed by atoms with Crippen molar-refractivity contribution < 1.29 is 18.0 Å². The zero-order chi connectivity index (χ0) is 14.8. The Labute approximate surface area is 115 Å². The van der Waals surface area contributed by atoms with Crippen molar-refractivity contribution in [1.82, 2.24) is 4.90 Å². The molecule has 0 spiro atoms. The van der Waals surface area contributed by atoms with E-state index in [1.54, 1.807) is 0 Å². The largest absolute Gasteiger partial charge is 0.416 e. The Morgan fingerprint density at radius 3 is 2.50 bits per heavy atom. The molecule has 2 rings (SSSR count). The second kappa shape index (κ2) is 5.83. The van der Waals surface area contributed by atoms with Crippen LogP contribution >= 0.6 is 0 Å². The summed E-state index contributed by atoms with van der Waals surface area (Å²) in [6.07, 6.45) is -2.35. The maximum Gasteiger partial charge on any atom is 0.416 e. The van der Waals surface area contributed by atoms with Gasteiger partial charge in [0.2, 0.25) is 5.91 Å². The number of anilines is 1. The topological polar surface area (TPSA) is 32.3 Å². The molecule has 1 amide bonds. The van der Waals surface area contributed by atoms with Crippen LogP contribution in [0.5, 0.6) is 0 Å². The molecule has 1 aliphatic heterocycles. The van der Waals surface area contributed by atoms with E-state index in [4.69, 9.17) is 0 Å². The van der Waals surface area contributed by atoms with Crippen molar-refractivity contribution in [3.05, 3.63) is 29.3 Å². The lowest BCUT2D eigenvalue weighted by Gasteiger charge is -2.19. The van der Waals surface area contributed by atoms with E-state index < -0.39 is 11.7 Å². The Bertz CT molecular complexity index is 494. The molecule has 1 heterocycles. The molecule has 0 unspecified atom stereocenters. The number of alkyl halides is 3. The van der Waals surface area contributed by atoms with Crippen LogP contribution in [-0.2, 0) is 17.5 Å². The summed E-state index contributed by atoms with van der Waals surface area (Å²) in [5, 5.41) is 2.39. The van der Waals surface area contributed by atoms with E-state index in [1.807, 2.05) is 4.90 Å². The third-order valence-electron chi connectivity index (χ3n) is 3.33. The van der Waals surface area contributed by atoms with Crippen LogP contribution in [0.1, 0.15) is 30.9 Å². The maximum absolute atomic E-state index is 13.1. The monoisotopic (exact) mass is 286 g/mol. The van der Waals surface area contributed by atoms with Crippen LogP contribution in [0.2, 0.25) is 0 Å². The maximum atomic E-state index is 13.1. The predicted molar refractivity (Wildman–Crippen MR) is 70.3 cm³/mol. The summed E-state index contributed by atoms with van der Waals surface area (Å²) in [6, 6.07) is 3.97. The van der Waals surface area contributed by atoms with Gasteiger partial charge in [-0.3, -0.25) is 9.69 Å². The van der Waals surface area contributed by atoms with Crippen molar-refractivity contribution >= 4 is 11.6 Å². The van der Waals surface area contributed by atoms with Gasteiger partial charge in [-0.25, -0.2) is 0 Å². The highest BCUT2D eigenvalue weighted by Gasteiger charge is 2.34. The molecule has 0 saturated carbocycles. The van der Waals surface area contributed by atoms with Crippen LogP contribution in [0.15, 0.2) is 18.2 Å². The van der Waals surface area contributed by atoms with E-state index in [9.17, 15) is 18.0 Å². The first-order chi connectivity index (χ1) is 9.36. The molecule has 1 fully saturated rings. The average Bonchev–Trinajstić information content (AvgIpc) is 2.82. The van der Waals surface area contributed by atoms with Gasteiger partial charge >= 0.3 is 6.18 Å². The van der Waals surface area contributed by atoms with Crippen LogP contribution in [0.25, 0.3) is 0 Å². The number of amides is 1. The average molecular weight is 286 g/mol. The Balaban J connectivity index is 2.27. The molecule has 1 aliphatic rings. The predicted octanol–water partition coefficient (Wildman–Crippen LogP) is 3.26. The van der Waals surface area contributed by atoms with Crippen molar-refractivity contribution in [2.24, 2.45) is 0 Å². The Morgan fingerprint density at radius 1 is 1.30 bits per heavy atom. The van der Waals surface area contributed by atoms with Gasteiger partial charge in [0.1, 0.15) is 0 Å². The number of carbonyl (C=O) groups excluding carboxylic acids is 1. The number of halogens is 3. The Kier molecular flexibility index (Phi) is 4.32. The first-order valence-electron chi connectivity index (χ1n) is 6.56. The standard InChI is InChI=1S/C14H17F3N2O/c1-10(20)18-12-5-4-11(9-19-6-2-3-7-19)13(8-12)14(15,16)17/h4-5,8H,2-3,6-7,9H2,1H3,(H,18,20). The number of likely N-dealkylation sites (tertiary alicyclic amines) is 1. The molecule has 0 atom stereocenters. The third-order valence-corrected chi connectivity index (χ3v) is 3.33. The highest BCUT2D eigenvalue weighted by molar-refractivity contribution is 5.88. The van der Waals surface area contributed by atoms with Gasteiger partial charge in [-0.05, 0) is 43.6 Å². The van der Waals surface area contributed by atoms with E-state index in [-0.39, 0.29) is 17.2 Å². The van der Waals surface area contributed by atoms with Crippen molar-refractivity contribution in [3.63, 3.8) is 0 Å². The fourth-order valence-electron chi connectivity index (χ4n) is 2.44. The third kappa shape index (κ3) is 3.72. The van der Waals surface area contributed by atoms with Gasteiger partial charge in [-0.2, -0.15) is 13.2 Å². The lowest BCUT2D eigenvalue weighted by Crippen LogP contribution is -2.21. The van der Waals surface area contributed by atoms with Crippen molar-refractivity contribution in [3.8, 4) is 0 Å². The first kappa shape index (κ1) is 14.8. The summed E-state index contributed by atoms with van der Waals surface area (Å²) < 4.78 is 39.3. The zero-order valence-corrected chi connectivity index (χ0v) is 11.3. The minimum atomic E-state index is -4.41. The Morgan fingerprint density at radius 2 is 1.95 bits per heavy atom. The van der Waals surface area contributed by atoms with E-state index in [2.05, 4.69) is 5.32 Å². The van der Waals surface area contributed by atoms with Gasteiger partial charge in [0.15, 0.2) is 0 Å². The number of carbonyl (C=O) groups is 1. The molecule has 0 radical (unpaired) electrons.